The Labute approximate surface area is 189 Å². The lowest BCUT2D eigenvalue weighted by Crippen LogP contribution is -2.14. The van der Waals surface area contributed by atoms with Crippen LogP contribution in [0.15, 0.2) is 94.5 Å². The largest absolute Gasteiger partial charge is 0.325 e. The molecule has 0 saturated heterocycles. The third-order valence-electron chi connectivity index (χ3n) is 4.47. The van der Waals surface area contributed by atoms with E-state index in [4.69, 9.17) is 0 Å². The summed E-state index contributed by atoms with van der Waals surface area (Å²) in [5.41, 5.74) is 3.08. The average Bonchev–Trinajstić information content (AvgIpc) is 3.26. The van der Waals surface area contributed by atoms with Crippen molar-refractivity contribution in [3.8, 4) is 11.4 Å². The molecule has 0 aliphatic rings. The second-order valence-corrected chi connectivity index (χ2v) is 7.65. The third-order valence-corrected chi connectivity index (χ3v) is 5.44. The van der Waals surface area contributed by atoms with Gasteiger partial charge in [0.1, 0.15) is 0 Å². The van der Waals surface area contributed by atoms with E-state index in [0.717, 1.165) is 17.1 Å². The predicted octanol–water partition coefficient (Wildman–Crippen LogP) is 5.51. The number of aromatic nitrogens is 4. The van der Waals surface area contributed by atoms with Gasteiger partial charge in [0.15, 0.2) is 11.0 Å². The van der Waals surface area contributed by atoms with Crippen LogP contribution in [0, 0.1) is 0 Å². The maximum absolute atomic E-state index is 12.4. The van der Waals surface area contributed by atoms with E-state index in [1.165, 1.54) is 11.8 Å². The van der Waals surface area contributed by atoms with Gasteiger partial charge in [-0.2, -0.15) is 10.2 Å². The fourth-order valence-corrected chi connectivity index (χ4v) is 3.74. The van der Waals surface area contributed by atoms with E-state index in [9.17, 15) is 4.79 Å². The lowest BCUT2D eigenvalue weighted by atomic mass is 10.3. The van der Waals surface area contributed by atoms with Crippen LogP contribution in [0.2, 0.25) is 0 Å². The van der Waals surface area contributed by atoms with Gasteiger partial charge < -0.3 is 9.88 Å². The van der Waals surface area contributed by atoms with Gasteiger partial charge in [-0.3, -0.25) is 9.78 Å². The van der Waals surface area contributed by atoms with Crippen LogP contribution in [0.5, 0.6) is 0 Å². The van der Waals surface area contributed by atoms with Gasteiger partial charge in [0.25, 0.3) is 0 Å². The summed E-state index contributed by atoms with van der Waals surface area (Å²) in [4.78, 5) is 16.6. The second-order valence-electron chi connectivity index (χ2n) is 6.71. The summed E-state index contributed by atoms with van der Waals surface area (Å²) in [6.07, 6.45) is 3.47. The Kier molecular flexibility index (Phi) is 6.98. The fourth-order valence-electron chi connectivity index (χ4n) is 2.94. The van der Waals surface area contributed by atoms with Crippen molar-refractivity contribution in [1.29, 1.82) is 0 Å². The number of hydrogen-bond acceptors (Lipinski definition) is 7. The van der Waals surface area contributed by atoms with Gasteiger partial charge in [0.05, 0.1) is 17.1 Å². The second kappa shape index (κ2) is 10.5. The number of amides is 1. The van der Waals surface area contributed by atoms with Crippen LogP contribution in [-0.4, -0.2) is 31.4 Å². The van der Waals surface area contributed by atoms with Crippen LogP contribution >= 0.6 is 11.8 Å². The number of pyridine rings is 1. The summed E-state index contributed by atoms with van der Waals surface area (Å²) >= 11 is 1.35. The molecule has 9 heteroatoms. The zero-order valence-electron chi connectivity index (χ0n) is 17.4. The van der Waals surface area contributed by atoms with E-state index in [2.05, 4.69) is 30.7 Å². The summed E-state index contributed by atoms with van der Waals surface area (Å²) < 4.78 is 1.97. The van der Waals surface area contributed by atoms with E-state index < -0.39 is 0 Å². The minimum atomic E-state index is -0.123. The molecule has 0 aliphatic carbocycles. The van der Waals surface area contributed by atoms with Crippen LogP contribution in [0.25, 0.3) is 11.4 Å². The number of benzene rings is 2. The molecule has 0 aliphatic heterocycles. The number of thioether (sulfide) groups is 1. The van der Waals surface area contributed by atoms with Crippen LogP contribution in [0.1, 0.15) is 6.92 Å². The molecule has 0 radical (unpaired) electrons. The number of azo groups is 1. The van der Waals surface area contributed by atoms with Crippen molar-refractivity contribution in [2.24, 2.45) is 10.2 Å². The van der Waals surface area contributed by atoms with Crippen LogP contribution in [0.3, 0.4) is 0 Å². The lowest BCUT2D eigenvalue weighted by Gasteiger charge is -2.08. The van der Waals surface area contributed by atoms with E-state index in [1.807, 2.05) is 66.1 Å². The van der Waals surface area contributed by atoms with Crippen LogP contribution < -0.4 is 5.32 Å². The molecule has 1 N–H and O–H groups in total. The number of carbonyl (C=O) groups is 1. The highest BCUT2D eigenvalue weighted by Crippen LogP contribution is 2.24. The van der Waals surface area contributed by atoms with Crippen LogP contribution in [-0.2, 0) is 11.3 Å². The van der Waals surface area contributed by atoms with Crippen molar-refractivity contribution in [2.45, 2.75) is 18.6 Å². The zero-order valence-corrected chi connectivity index (χ0v) is 18.2. The molecular formula is C23H21N7OS. The normalized spacial score (nSPS) is 11.0. The predicted molar refractivity (Wildman–Crippen MR) is 125 cm³/mol. The Morgan fingerprint density at radius 3 is 2.41 bits per heavy atom. The first-order chi connectivity index (χ1) is 15.7. The average molecular weight is 444 g/mol. The number of nitrogens with one attached hydrogen (secondary N) is 1. The molecule has 1 amide bonds. The maximum Gasteiger partial charge on any atom is 0.234 e. The summed E-state index contributed by atoms with van der Waals surface area (Å²) in [7, 11) is 0. The molecule has 2 aromatic heterocycles. The minimum absolute atomic E-state index is 0.123. The van der Waals surface area contributed by atoms with E-state index in [-0.39, 0.29) is 11.7 Å². The SMILES string of the molecule is CCn1c(SCC(=O)Nc2ccc(N=Nc3ccccc3)cc2)nnc1-c1cccnc1. The molecule has 2 heterocycles. The highest BCUT2D eigenvalue weighted by molar-refractivity contribution is 7.99. The molecule has 0 atom stereocenters. The highest BCUT2D eigenvalue weighted by Gasteiger charge is 2.14. The molecule has 0 unspecified atom stereocenters. The Hall–Kier alpha value is -3.85. The summed E-state index contributed by atoms with van der Waals surface area (Å²) in [5.74, 6) is 0.840. The van der Waals surface area contributed by atoms with E-state index in [0.29, 0.717) is 23.1 Å². The fraction of sp³-hybridized carbons (Fsp3) is 0.130. The van der Waals surface area contributed by atoms with Crippen molar-refractivity contribution in [2.75, 3.05) is 11.1 Å². The molecule has 160 valence electrons. The van der Waals surface area contributed by atoms with Gasteiger partial charge in [-0.1, -0.05) is 30.0 Å². The summed E-state index contributed by atoms with van der Waals surface area (Å²) in [6, 6.07) is 20.5. The smallest absolute Gasteiger partial charge is 0.234 e. The molecule has 4 aromatic rings. The topological polar surface area (TPSA) is 97.4 Å². The molecule has 0 saturated carbocycles. The number of hydrogen-bond donors (Lipinski definition) is 1. The van der Waals surface area contributed by atoms with Gasteiger partial charge in [-0.25, -0.2) is 0 Å². The Balaban J connectivity index is 1.33. The van der Waals surface area contributed by atoms with Crippen molar-refractivity contribution < 1.29 is 4.79 Å². The quantitative estimate of drug-likeness (QED) is 0.286. The van der Waals surface area contributed by atoms with Crippen LogP contribution in [0.4, 0.5) is 17.1 Å². The maximum atomic E-state index is 12.4. The molecular weight excluding hydrogens is 422 g/mol. The number of carbonyl (C=O) groups excluding carboxylic acids is 1. The highest BCUT2D eigenvalue weighted by atomic mass is 32.2. The van der Waals surface area contributed by atoms with Crippen molar-refractivity contribution >= 4 is 34.7 Å². The molecule has 8 nitrogen and oxygen atoms in total. The lowest BCUT2D eigenvalue weighted by molar-refractivity contribution is -0.113. The third kappa shape index (κ3) is 5.44. The molecule has 32 heavy (non-hydrogen) atoms. The van der Waals surface area contributed by atoms with Gasteiger partial charge >= 0.3 is 0 Å². The van der Waals surface area contributed by atoms with Gasteiger partial charge in [0.2, 0.25) is 5.91 Å². The Bertz CT molecular complexity index is 1190. The van der Waals surface area contributed by atoms with Crippen molar-refractivity contribution in [3.63, 3.8) is 0 Å². The first-order valence-electron chi connectivity index (χ1n) is 10.1. The number of anilines is 1. The standard InChI is InChI=1S/C23H21N7OS/c1-2-30-22(17-7-6-14-24-15-17)28-29-23(30)32-16-21(31)25-18-10-12-20(13-11-18)27-26-19-8-4-3-5-9-19/h3-15H,2,16H2,1H3,(H,25,31). The zero-order chi connectivity index (χ0) is 22.2. The van der Waals surface area contributed by atoms with Gasteiger partial charge in [-0.05, 0) is 55.5 Å². The van der Waals surface area contributed by atoms with Gasteiger partial charge in [0, 0.05) is 30.2 Å². The monoisotopic (exact) mass is 443 g/mol. The first kappa shape index (κ1) is 21.4. The Morgan fingerprint density at radius 2 is 1.72 bits per heavy atom. The van der Waals surface area contributed by atoms with E-state index >= 15 is 0 Å². The number of nitrogens with zero attached hydrogens (tertiary/aromatic N) is 6. The molecule has 0 fully saturated rings. The summed E-state index contributed by atoms with van der Waals surface area (Å²) in [6.45, 7) is 2.71. The van der Waals surface area contributed by atoms with Crippen molar-refractivity contribution in [3.05, 3.63) is 79.1 Å². The van der Waals surface area contributed by atoms with E-state index in [1.54, 1.807) is 24.5 Å². The van der Waals surface area contributed by atoms with Crippen molar-refractivity contribution in [1.82, 2.24) is 19.7 Å². The molecule has 0 spiro atoms. The minimum Gasteiger partial charge on any atom is -0.325 e. The molecule has 2 aromatic carbocycles. The molecule has 0 bridgehead atoms. The Morgan fingerprint density at radius 1 is 0.969 bits per heavy atom. The number of rotatable bonds is 8. The summed E-state index contributed by atoms with van der Waals surface area (Å²) in [5, 5.41) is 20.5. The molecule has 4 rings (SSSR count). The van der Waals surface area contributed by atoms with Gasteiger partial charge in [-0.15, -0.1) is 10.2 Å². The first-order valence-corrected chi connectivity index (χ1v) is 11.0.